The van der Waals surface area contributed by atoms with E-state index in [9.17, 15) is 9.59 Å². The quantitative estimate of drug-likeness (QED) is 0.516. The number of nitrogens with zero attached hydrogens (tertiary/aromatic N) is 1. The van der Waals surface area contributed by atoms with E-state index in [1.54, 1.807) is 24.9 Å². The molecule has 0 spiro atoms. The number of fused-ring (bicyclic) bond motifs is 3. The Kier molecular flexibility index (Phi) is 5.53. The minimum absolute atomic E-state index is 0.130. The molecule has 5 nitrogen and oxygen atoms in total. The van der Waals surface area contributed by atoms with Crippen LogP contribution >= 0.6 is 0 Å². The van der Waals surface area contributed by atoms with Gasteiger partial charge in [-0.05, 0) is 43.5 Å². The molecule has 152 valence electrons. The molecule has 0 saturated carbocycles. The number of hydrogen-bond acceptors (Lipinski definition) is 3. The van der Waals surface area contributed by atoms with Crippen molar-refractivity contribution in [3.8, 4) is 0 Å². The van der Waals surface area contributed by atoms with Crippen LogP contribution in [0.2, 0.25) is 0 Å². The molecule has 1 amide bonds. The summed E-state index contributed by atoms with van der Waals surface area (Å²) in [7, 11) is 0. The molecule has 30 heavy (non-hydrogen) atoms. The fraction of sp³-hybridized carbons (Fsp3) is 0.200. The van der Waals surface area contributed by atoms with Crippen molar-refractivity contribution in [1.29, 1.82) is 0 Å². The van der Waals surface area contributed by atoms with Crippen LogP contribution in [0.5, 0.6) is 0 Å². The summed E-state index contributed by atoms with van der Waals surface area (Å²) >= 11 is 0. The molecule has 0 unspecified atom stereocenters. The summed E-state index contributed by atoms with van der Waals surface area (Å²) in [6, 6.07) is 17.7. The highest BCUT2D eigenvalue weighted by Gasteiger charge is 2.27. The number of hydrogen-bond donors (Lipinski definition) is 1. The second-order valence-electron chi connectivity index (χ2n) is 7.27. The molecule has 0 aliphatic carbocycles. The van der Waals surface area contributed by atoms with E-state index < -0.39 is 5.97 Å². The number of carbonyl (C=O) groups excluding carboxylic acids is 2. The molecule has 1 aromatic heterocycles. The summed E-state index contributed by atoms with van der Waals surface area (Å²) in [6.07, 6.45) is 4.13. The minimum Gasteiger partial charge on any atom is -0.462 e. The van der Waals surface area contributed by atoms with Crippen molar-refractivity contribution in [2.24, 2.45) is 0 Å². The Balaban J connectivity index is 1.73. The number of rotatable bonds is 4. The smallest absolute Gasteiger partial charge is 0.341 e. The van der Waals surface area contributed by atoms with Gasteiger partial charge in [0.15, 0.2) is 0 Å². The summed E-state index contributed by atoms with van der Waals surface area (Å²) in [4.78, 5) is 30.9. The minimum atomic E-state index is -0.435. The summed E-state index contributed by atoms with van der Waals surface area (Å²) < 4.78 is 5.29. The highest BCUT2D eigenvalue weighted by Crippen LogP contribution is 2.31. The van der Waals surface area contributed by atoms with E-state index >= 15 is 0 Å². The maximum Gasteiger partial charge on any atom is 0.341 e. The van der Waals surface area contributed by atoms with Crippen LogP contribution in [0.25, 0.3) is 22.6 Å². The maximum atomic E-state index is 13.2. The molecule has 4 rings (SSSR count). The van der Waals surface area contributed by atoms with E-state index in [1.807, 2.05) is 60.7 Å². The molecular formula is C25H24N2O3. The van der Waals surface area contributed by atoms with Gasteiger partial charge < -0.3 is 14.6 Å². The van der Waals surface area contributed by atoms with Gasteiger partial charge in [0.05, 0.1) is 17.9 Å². The molecule has 3 aromatic rings. The zero-order chi connectivity index (χ0) is 21.1. The molecule has 1 aliphatic heterocycles. The number of ether oxygens (including phenoxy) is 1. The lowest BCUT2D eigenvalue weighted by Crippen LogP contribution is -2.28. The largest absolute Gasteiger partial charge is 0.462 e. The van der Waals surface area contributed by atoms with Crippen molar-refractivity contribution in [2.75, 3.05) is 13.2 Å². The molecule has 0 bridgehead atoms. The lowest BCUT2D eigenvalue weighted by molar-refractivity contribution is -0.136. The monoisotopic (exact) mass is 400 g/mol. The molecule has 0 fully saturated rings. The summed E-state index contributed by atoms with van der Waals surface area (Å²) in [5, 5.41) is 1.06. The fourth-order valence-corrected chi connectivity index (χ4v) is 3.82. The Morgan fingerprint density at radius 2 is 1.83 bits per heavy atom. The van der Waals surface area contributed by atoms with E-state index in [0.29, 0.717) is 24.1 Å². The van der Waals surface area contributed by atoms with Crippen LogP contribution in [-0.2, 0) is 20.7 Å². The highest BCUT2D eigenvalue weighted by molar-refractivity contribution is 6.18. The third-order valence-corrected chi connectivity index (χ3v) is 5.25. The van der Waals surface area contributed by atoms with Crippen molar-refractivity contribution in [1.82, 2.24) is 9.88 Å². The summed E-state index contributed by atoms with van der Waals surface area (Å²) in [6.45, 7) is 4.33. The van der Waals surface area contributed by atoms with Crippen molar-refractivity contribution in [3.05, 3.63) is 83.2 Å². The lowest BCUT2D eigenvalue weighted by Gasteiger charge is -2.18. The van der Waals surface area contributed by atoms with Gasteiger partial charge in [0.1, 0.15) is 0 Å². The zero-order valence-corrected chi connectivity index (χ0v) is 17.1. The number of aromatic nitrogens is 1. The Hall–Kier alpha value is -3.60. The summed E-state index contributed by atoms with van der Waals surface area (Å²) in [5.41, 5.74) is 4.68. The second kappa shape index (κ2) is 8.41. The molecule has 5 heteroatoms. The van der Waals surface area contributed by atoms with Gasteiger partial charge in [0.2, 0.25) is 0 Å². The van der Waals surface area contributed by atoms with E-state index in [2.05, 4.69) is 4.98 Å². The van der Waals surface area contributed by atoms with Gasteiger partial charge in [-0.2, -0.15) is 0 Å². The van der Waals surface area contributed by atoms with Crippen LogP contribution < -0.4 is 0 Å². The third kappa shape index (κ3) is 3.79. The van der Waals surface area contributed by atoms with Gasteiger partial charge >= 0.3 is 5.97 Å². The van der Waals surface area contributed by atoms with E-state index in [4.69, 9.17) is 4.74 Å². The van der Waals surface area contributed by atoms with Crippen LogP contribution in [0.1, 0.15) is 30.7 Å². The Labute approximate surface area is 175 Å². The van der Waals surface area contributed by atoms with Crippen LogP contribution in [0.4, 0.5) is 0 Å². The molecule has 2 heterocycles. The fourth-order valence-electron chi connectivity index (χ4n) is 3.82. The van der Waals surface area contributed by atoms with E-state index in [0.717, 1.165) is 27.7 Å². The van der Waals surface area contributed by atoms with Crippen LogP contribution in [0, 0.1) is 0 Å². The average molecular weight is 400 g/mol. The van der Waals surface area contributed by atoms with Crippen LogP contribution in [0.15, 0.2) is 66.4 Å². The Morgan fingerprint density at radius 1 is 1.10 bits per heavy atom. The number of aromatic amines is 1. The van der Waals surface area contributed by atoms with Crippen molar-refractivity contribution in [2.45, 2.75) is 20.3 Å². The summed E-state index contributed by atoms with van der Waals surface area (Å²) in [5.74, 6) is -0.565. The molecule has 0 saturated heterocycles. The Morgan fingerprint density at radius 3 is 2.60 bits per heavy atom. The molecule has 2 aromatic carbocycles. The van der Waals surface area contributed by atoms with Crippen LogP contribution in [0.3, 0.4) is 0 Å². The van der Waals surface area contributed by atoms with Crippen molar-refractivity contribution in [3.63, 3.8) is 0 Å². The molecular weight excluding hydrogens is 376 g/mol. The number of H-pyrrole nitrogens is 1. The lowest BCUT2D eigenvalue weighted by atomic mass is 10.0. The highest BCUT2D eigenvalue weighted by atomic mass is 16.5. The first kappa shape index (κ1) is 19.7. The molecule has 0 atom stereocenters. The van der Waals surface area contributed by atoms with Gasteiger partial charge in [-0.1, -0.05) is 48.5 Å². The predicted octanol–water partition coefficient (Wildman–Crippen LogP) is 4.56. The van der Waals surface area contributed by atoms with Gasteiger partial charge in [0.25, 0.3) is 5.91 Å². The van der Waals surface area contributed by atoms with Gasteiger partial charge in [-0.15, -0.1) is 0 Å². The van der Waals surface area contributed by atoms with E-state index in [1.165, 1.54) is 0 Å². The topological polar surface area (TPSA) is 62.4 Å². The number of nitrogens with one attached hydrogen (secondary N) is 1. The van der Waals surface area contributed by atoms with Crippen LogP contribution in [-0.4, -0.2) is 34.9 Å². The first-order valence-electron chi connectivity index (χ1n) is 10.1. The van der Waals surface area contributed by atoms with Gasteiger partial charge in [-0.25, -0.2) is 4.79 Å². The van der Waals surface area contributed by atoms with E-state index in [-0.39, 0.29) is 12.5 Å². The normalized spacial score (nSPS) is 14.1. The first-order valence-corrected chi connectivity index (χ1v) is 10.1. The third-order valence-electron chi connectivity index (χ3n) is 5.25. The number of amides is 1. The van der Waals surface area contributed by atoms with Gasteiger partial charge in [-0.3, -0.25) is 4.79 Å². The zero-order valence-electron chi connectivity index (χ0n) is 17.1. The van der Waals surface area contributed by atoms with Crippen molar-refractivity contribution >= 4 is 34.4 Å². The predicted molar refractivity (Wildman–Crippen MR) is 118 cm³/mol. The standard InChI is InChI=1S/C25H24N2O3/c1-3-30-25(29)21-16-27(24(28)17(2)15-18-9-5-4-6-10-18)14-13-20-19-11-7-8-12-22(19)26-23(20)21/h4-12,15-16,26H,3,13-14H2,1-2H3/b17-15+. The second-order valence-corrected chi connectivity index (χ2v) is 7.27. The SMILES string of the molecule is CCOC(=O)C1=CN(C(=O)/C(C)=C/c2ccccc2)CCc2c1[nH]c1ccccc21. The molecule has 1 N–H and O–H groups in total. The number of carbonyl (C=O) groups is 2. The van der Waals surface area contributed by atoms with Crippen molar-refractivity contribution < 1.29 is 14.3 Å². The average Bonchev–Trinajstić information content (AvgIpc) is 3.01. The molecule has 0 radical (unpaired) electrons. The van der Waals surface area contributed by atoms with Gasteiger partial charge in [0, 0.05) is 29.2 Å². The number of benzene rings is 2. The first-order chi connectivity index (χ1) is 14.6. The molecule has 1 aliphatic rings. The Bertz CT molecular complexity index is 1160. The maximum absolute atomic E-state index is 13.2. The number of esters is 1. The number of para-hydroxylation sites is 1.